The molecule has 1 aliphatic heterocycles. The molecule has 19 heavy (non-hydrogen) atoms. The molecular formula is C15H15N3O. The minimum Gasteiger partial charge on any atom is -0.384 e. The van der Waals surface area contributed by atoms with Crippen LogP contribution in [-0.2, 0) is 4.79 Å². The Labute approximate surface area is 111 Å². The van der Waals surface area contributed by atoms with Crippen molar-refractivity contribution < 1.29 is 4.79 Å². The standard InChI is InChI=1S/C15H15N3O/c19-15(18-12-4-3-7-16-10-12)8-11-9-17-14-6-2-1-5-13(11)14/h1-7,10-11,17H,8-9H2,(H,18,19). The van der Waals surface area contributed by atoms with Crippen LogP contribution in [0.15, 0.2) is 48.8 Å². The lowest BCUT2D eigenvalue weighted by molar-refractivity contribution is -0.116. The molecule has 1 aliphatic rings. The summed E-state index contributed by atoms with van der Waals surface area (Å²) in [7, 11) is 0. The van der Waals surface area contributed by atoms with Gasteiger partial charge in [0.15, 0.2) is 0 Å². The third kappa shape index (κ3) is 2.57. The van der Waals surface area contributed by atoms with Gasteiger partial charge in [-0.2, -0.15) is 0 Å². The van der Waals surface area contributed by atoms with Crippen LogP contribution in [-0.4, -0.2) is 17.4 Å². The third-order valence-corrected chi connectivity index (χ3v) is 3.32. The Balaban J connectivity index is 1.65. The van der Waals surface area contributed by atoms with E-state index in [9.17, 15) is 4.79 Å². The molecular weight excluding hydrogens is 238 g/mol. The number of nitrogens with zero attached hydrogens (tertiary/aromatic N) is 1. The van der Waals surface area contributed by atoms with Gasteiger partial charge in [-0.05, 0) is 23.8 Å². The van der Waals surface area contributed by atoms with Gasteiger partial charge in [0.1, 0.15) is 0 Å². The van der Waals surface area contributed by atoms with Gasteiger partial charge in [0.2, 0.25) is 5.91 Å². The molecule has 0 fully saturated rings. The average Bonchev–Trinajstić information content (AvgIpc) is 2.83. The second-order valence-electron chi connectivity index (χ2n) is 4.66. The van der Waals surface area contributed by atoms with E-state index in [-0.39, 0.29) is 11.8 Å². The van der Waals surface area contributed by atoms with Crippen molar-refractivity contribution in [3.8, 4) is 0 Å². The SMILES string of the molecule is O=C(CC1CNc2ccccc21)Nc1cccnc1. The summed E-state index contributed by atoms with van der Waals surface area (Å²) in [4.78, 5) is 16.0. The monoisotopic (exact) mass is 253 g/mol. The predicted molar refractivity (Wildman–Crippen MR) is 75.2 cm³/mol. The normalized spacial score (nSPS) is 16.5. The van der Waals surface area contributed by atoms with Gasteiger partial charge in [-0.15, -0.1) is 0 Å². The van der Waals surface area contributed by atoms with Gasteiger partial charge < -0.3 is 10.6 Å². The lowest BCUT2D eigenvalue weighted by Crippen LogP contribution is -2.16. The maximum absolute atomic E-state index is 12.0. The number of aromatic nitrogens is 1. The highest BCUT2D eigenvalue weighted by atomic mass is 16.1. The minimum atomic E-state index is 0.0245. The van der Waals surface area contributed by atoms with Crippen LogP contribution in [0, 0.1) is 0 Å². The first-order valence-corrected chi connectivity index (χ1v) is 6.35. The van der Waals surface area contributed by atoms with Gasteiger partial charge in [0, 0.05) is 30.8 Å². The molecule has 0 radical (unpaired) electrons. The number of benzene rings is 1. The molecule has 1 aromatic carbocycles. The van der Waals surface area contributed by atoms with Crippen LogP contribution in [0.25, 0.3) is 0 Å². The molecule has 1 aromatic heterocycles. The van der Waals surface area contributed by atoms with Crippen molar-refractivity contribution in [3.63, 3.8) is 0 Å². The molecule has 0 saturated carbocycles. The Morgan fingerprint density at radius 1 is 1.32 bits per heavy atom. The molecule has 2 aromatic rings. The zero-order chi connectivity index (χ0) is 13.1. The van der Waals surface area contributed by atoms with Crippen LogP contribution in [0.3, 0.4) is 0 Å². The van der Waals surface area contributed by atoms with E-state index >= 15 is 0 Å². The Morgan fingerprint density at radius 2 is 2.21 bits per heavy atom. The summed E-state index contributed by atoms with van der Waals surface area (Å²) >= 11 is 0. The quantitative estimate of drug-likeness (QED) is 0.884. The lowest BCUT2D eigenvalue weighted by Gasteiger charge is -2.10. The van der Waals surface area contributed by atoms with E-state index in [1.54, 1.807) is 12.4 Å². The first-order valence-electron chi connectivity index (χ1n) is 6.35. The smallest absolute Gasteiger partial charge is 0.225 e. The van der Waals surface area contributed by atoms with Crippen molar-refractivity contribution in [2.24, 2.45) is 0 Å². The van der Waals surface area contributed by atoms with Crippen molar-refractivity contribution >= 4 is 17.3 Å². The number of anilines is 2. The van der Waals surface area contributed by atoms with E-state index in [0.29, 0.717) is 6.42 Å². The summed E-state index contributed by atoms with van der Waals surface area (Å²) < 4.78 is 0. The second-order valence-corrected chi connectivity index (χ2v) is 4.66. The zero-order valence-electron chi connectivity index (χ0n) is 10.5. The van der Waals surface area contributed by atoms with Crippen LogP contribution in [0.5, 0.6) is 0 Å². The number of pyridine rings is 1. The fourth-order valence-corrected chi connectivity index (χ4v) is 2.41. The molecule has 4 nitrogen and oxygen atoms in total. The van der Waals surface area contributed by atoms with Gasteiger partial charge >= 0.3 is 0 Å². The number of carbonyl (C=O) groups is 1. The highest BCUT2D eigenvalue weighted by molar-refractivity contribution is 5.91. The topological polar surface area (TPSA) is 54.0 Å². The first kappa shape index (κ1) is 11.7. The molecule has 1 atom stereocenters. The highest BCUT2D eigenvalue weighted by Gasteiger charge is 2.23. The fraction of sp³-hybridized carbons (Fsp3) is 0.200. The minimum absolute atomic E-state index is 0.0245. The molecule has 4 heteroatoms. The Bertz CT molecular complexity index is 583. The maximum Gasteiger partial charge on any atom is 0.225 e. The summed E-state index contributed by atoms with van der Waals surface area (Å²) in [6.07, 6.45) is 3.82. The molecule has 96 valence electrons. The number of amides is 1. The second kappa shape index (κ2) is 5.10. The number of carbonyl (C=O) groups excluding carboxylic acids is 1. The van der Waals surface area contributed by atoms with Crippen molar-refractivity contribution in [1.29, 1.82) is 0 Å². The number of para-hydroxylation sites is 1. The van der Waals surface area contributed by atoms with Gasteiger partial charge in [0.05, 0.1) is 11.9 Å². The Morgan fingerprint density at radius 3 is 3.05 bits per heavy atom. The van der Waals surface area contributed by atoms with E-state index in [0.717, 1.165) is 17.9 Å². The number of rotatable bonds is 3. The van der Waals surface area contributed by atoms with E-state index in [2.05, 4.69) is 21.7 Å². The van der Waals surface area contributed by atoms with E-state index in [4.69, 9.17) is 0 Å². The van der Waals surface area contributed by atoms with Gasteiger partial charge in [-0.3, -0.25) is 9.78 Å². The first-order chi connectivity index (χ1) is 9.33. The summed E-state index contributed by atoms with van der Waals surface area (Å²) in [6.45, 7) is 0.819. The van der Waals surface area contributed by atoms with Gasteiger partial charge in [-0.1, -0.05) is 18.2 Å². The van der Waals surface area contributed by atoms with Crippen molar-refractivity contribution in [2.45, 2.75) is 12.3 Å². The molecule has 3 rings (SSSR count). The number of nitrogens with one attached hydrogen (secondary N) is 2. The summed E-state index contributed by atoms with van der Waals surface area (Å²) in [5.74, 6) is 0.268. The van der Waals surface area contributed by atoms with Crippen molar-refractivity contribution in [1.82, 2.24) is 4.98 Å². The molecule has 1 amide bonds. The van der Waals surface area contributed by atoms with Crippen LogP contribution >= 0.6 is 0 Å². The molecule has 0 spiro atoms. The number of fused-ring (bicyclic) bond motifs is 1. The maximum atomic E-state index is 12.0. The predicted octanol–water partition coefficient (Wildman–Crippen LogP) is 2.62. The van der Waals surface area contributed by atoms with Gasteiger partial charge in [0.25, 0.3) is 0 Å². The molecule has 0 saturated heterocycles. The lowest BCUT2D eigenvalue weighted by atomic mass is 9.97. The highest BCUT2D eigenvalue weighted by Crippen LogP contribution is 2.33. The Kier molecular flexibility index (Phi) is 3.14. The van der Waals surface area contributed by atoms with Crippen molar-refractivity contribution in [2.75, 3.05) is 17.2 Å². The Hall–Kier alpha value is -2.36. The molecule has 2 N–H and O–H groups in total. The van der Waals surface area contributed by atoms with Crippen molar-refractivity contribution in [3.05, 3.63) is 54.4 Å². The van der Waals surface area contributed by atoms with Crippen LogP contribution in [0.1, 0.15) is 17.9 Å². The van der Waals surface area contributed by atoms with Crippen LogP contribution in [0.2, 0.25) is 0 Å². The number of hydrogen-bond donors (Lipinski definition) is 2. The molecule has 0 bridgehead atoms. The van der Waals surface area contributed by atoms with Crippen LogP contribution in [0.4, 0.5) is 11.4 Å². The average molecular weight is 253 g/mol. The number of hydrogen-bond acceptors (Lipinski definition) is 3. The van der Waals surface area contributed by atoms with E-state index < -0.39 is 0 Å². The largest absolute Gasteiger partial charge is 0.384 e. The molecule has 1 unspecified atom stereocenters. The summed E-state index contributed by atoms with van der Waals surface area (Å²) in [5.41, 5.74) is 3.11. The third-order valence-electron chi connectivity index (χ3n) is 3.32. The summed E-state index contributed by atoms with van der Waals surface area (Å²) in [5, 5.41) is 6.20. The van der Waals surface area contributed by atoms with Gasteiger partial charge in [-0.25, -0.2) is 0 Å². The summed E-state index contributed by atoms with van der Waals surface area (Å²) in [6, 6.07) is 11.8. The fourth-order valence-electron chi connectivity index (χ4n) is 2.41. The van der Waals surface area contributed by atoms with E-state index in [1.165, 1.54) is 5.56 Å². The molecule has 2 heterocycles. The van der Waals surface area contributed by atoms with E-state index in [1.807, 2.05) is 30.3 Å². The molecule has 0 aliphatic carbocycles. The zero-order valence-corrected chi connectivity index (χ0v) is 10.5. The van der Waals surface area contributed by atoms with Crippen LogP contribution < -0.4 is 10.6 Å².